The van der Waals surface area contributed by atoms with Crippen LogP contribution in [0.25, 0.3) is 16.9 Å². The summed E-state index contributed by atoms with van der Waals surface area (Å²) >= 11 is 1.67. The molecular formula is C22H23N7OS. The van der Waals surface area contributed by atoms with E-state index in [9.17, 15) is 4.79 Å². The van der Waals surface area contributed by atoms with Gasteiger partial charge in [0.1, 0.15) is 5.82 Å². The fraction of sp³-hybridized carbons (Fsp3) is 0.273. The molecule has 2 atom stereocenters. The number of anilines is 2. The number of pyridine rings is 3. The van der Waals surface area contributed by atoms with E-state index in [1.165, 1.54) is 6.07 Å². The predicted octanol–water partition coefficient (Wildman–Crippen LogP) is 3.67. The van der Waals surface area contributed by atoms with Crippen molar-refractivity contribution in [2.45, 2.75) is 36.2 Å². The summed E-state index contributed by atoms with van der Waals surface area (Å²) in [5.74, 6) is 1.58. The minimum Gasteiger partial charge on any atom is -0.367 e. The van der Waals surface area contributed by atoms with Crippen molar-refractivity contribution in [2.24, 2.45) is 0 Å². The highest BCUT2D eigenvalue weighted by Crippen LogP contribution is 2.26. The largest absolute Gasteiger partial charge is 0.367 e. The highest BCUT2D eigenvalue weighted by molar-refractivity contribution is 7.98. The molecule has 31 heavy (non-hydrogen) atoms. The topological polar surface area (TPSA) is 101 Å². The summed E-state index contributed by atoms with van der Waals surface area (Å²) in [6.07, 6.45) is 10.4. The van der Waals surface area contributed by atoms with Crippen LogP contribution in [0.2, 0.25) is 0 Å². The van der Waals surface area contributed by atoms with E-state index in [0.29, 0.717) is 12.1 Å². The second-order valence-electron chi connectivity index (χ2n) is 7.64. The van der Waals surface area contributed by atoms with E-state index in [0.717, 1.165) is 52.8 Å². The molecule has 0 bridgehead atoms. The van der Waals surface area contributed by atoms with Gasteiger partial charge in [0.2, 0.25) is 5.95 Å². The summed E-state index contributed by atoms with van der Waals surface area (Å²) in [7, 11) is 0. The van der Waals surface area contributed by atoms with Gasteiger partial charge < -0.3 is 15.6 Å². The number of thioether (sulfide) groups is 1. The van der Waals surface area contributed by atoms with Gasteiger partial charge in [-0.2, -0.15) is 4.98 Å². The average molecular weight is 434 g/mol. The first-order valence-electron chi connectivity index (χ1n) is 10.2. The van der Waals surface area contributed by atoms with Gasteiger partial charge in [-0.05, 0) is 49.8 Å². The molecule has 0 saturated heterocycles. The lowest BCUT2D eigenvalue weighted by Crippen LogP contribution is -2.21. The highest BCUT2D eigenvalue weighted by atomic mass is 32.2. The normalized spacial score (nSPS) is 18.4. The maximum absolute atomic E-state index is 12.0. The van der Waals surface area contributed by atoms with Gasteiger partial charge in [-0.1, -0.05) is 6.07 Å². The molecule has 0 radical (unpaired) electrons. The van der Waals surface area contributed by atoms with Gasteiger partial charge >= 0.3 is 0 Å². The maximum atomic E-state index is 12.0. The molecule has 158 valence electrons. The van der Waals surface area contributed by atoms with Gasteiger partial charge in [-0.25, -0.2) is 9.97 Å². The van der Waals surface area contributed by atoms with Gasteiger partial charge in [0.05, 0.1) is 17.4 Å². The Morgan fingerprint density at radius 1 is 1.10 bits per heavy atom. The number of aromatic nitrogens is 5. The monoisotopic (exact) mass is 433 g/mol. The molecular weight excluding hydrogens is 410 g/mol. The number of nitrogens with zero attached hydrogens (tertiary/aromatic N) is 4. The zero-order chi connectivity index (χ0) is 21.2. The smallest absolute Gasteiger partial charge is 0.255 e. The Bertz CT molecular complexity index is 1250. The third kappa shape index (κ3) is 4.27. The van der Waals surface area contributed by atoms with Crippen molar-refractivity contribution in [1.82, 2.24) is 24.5 Å². The summed E-state index contributed by atoms with van der Waals surface area (Å²) in [5.41, 5.74) is 2.36. The molecule has 0 unspecified atom stereocenters. The molecule has 9 heteroatoms. The Hall–Kier alpha value is -3.33. The van der Waals surface area contributed by atoms with E-state index >= 15 is 0 Å². The molecule has 0 amide bonds. The van der Waals surface area contributed by atoms with Gasteiger partial charge in [0, 0.05) is 35.4 Å². The molecule has 4 aromatic heterocycles. The Labute approximate surface area is 183 Å². The Morgan fingerprint density at radius 2 is 1.97 bits per heavy atom. The van der Waals surface area contributed by atoms with Gasteiger partial charge in [0.15, 0.2) is 5.65 Å². The zero-order valence-corrected chi connectivity index (χ0v) is 17.9. The molecule has 1 aliphatic carbocycles. The van der Waals surface area contributed by atoms with Crippen LogP contribution in [-0.2, 0) is 0 Å². The number of hydrogen-bond donors (Lipinski definition) is 3. The molecule has 1 fully saturated rings. The lowest BCUT2D eigenvalue weighted by molar-refractivity contribution is 0.718. The van der Waals surface area contributed by atoms with Crippen LogP contribution in [0.3, 0.4) is 0 Å². The molecule has 0 aromatic carbocycles. The first kappa shape index (κ1) is 19.6. The summed E-state index contributed by atoms with van der Waals surface area (Å²) in [6.45, 7) is 0. The maximum Gasteiger partial charge on any atom is 0.255 e. The summed E-state index contributed by atoms with van der Waals surface area (Å²) in [4.78, 5) is 29.9. The minimum atomic E-state index is -0.0693. The number of hydrogen-bond acceptors (Lipinski definition) is 7. The molecule has 4 aromatic rings. The average Bonchev–Trinajstić information content (AvgIpc) is 3.40. The first-order chi connectivity index (χ1) is 15.2. The van der Waals surface area contributed by atoms with Crippen molar-refractivity contribution in [3.05, 3.63) is 65.3 Å². The molecule has 5 rings (SSSR count). The zero-order valence-electron chi connectivity index (χ0n) is 17.1. The van der Waals surface area contributed by atoms with Crippen LogP contribution in [0.5, 0.6) is 0 Å². The standard InChI is InChI=1S/C22H23N7OS/c1-31-17-11-18-21(24-13-17)28-22(27-18)26-15-6-5-14(10-15)25-19-8-7-16(12-23-19)29-9-3-2-4-20(29)30/h2-4,7-9,11-15H,5-6,10H2,1H3,(H,23,25)(H2,24,26,27,28)/t14-,15-/m0/s1. The molecule has 1 aliphatic rings. The fourth-order valence-corrected chi connectivity index (χ4v) is 4.36. The van der Waals surface area contributed by atoms with Gasteiger partial charge in [0.25, 0.3) is 5.56 Å². The summed E-state index contributed by atoms with van der Waals surface area (Å²) < 4.78 is 1.58. The van der Waals surface area contributed by atoms with Crippen molar-refractivity contribution in [1.29, 1.82) is 0 Å². The van der Waals surface area contributed by atoms with Crippen LogP contribution in [0.1, 0.15) is 19.3 Å². The third-order valence-electron chi connectivity index (χ3n) is 5.52. The van der Waals surface area contributed by atoms with E-state index in [1.54, 1.807) is 34.8 Å². The van der Waals surface area contributed by atoms with Crippen molar-refractivity contribution in [3.63, 3.8) is 0 Å². The molecule has 3 N–H and O–H groups in total. The van der Waals surface area contributed by atoms with Crippen LogP contribution in [-0.4, -0.2) is 42.8 Å². The van der Waals surface area contributed by atoms with Gasteiger partial charge in [-0.3, -0.25) is 9.36 Å². The fourth-order valence-electron chi connectivity index (χ4n) is 3.96. The summed E-state index contributed by atoms with van der Waals surface area (Å²) in [6, 6.07) is 11.7. The first-order valence-corrected chi connectivity index (χ1v) is 11.5. The third-order valence-corrected chi connectivity index (χ3v) is 6.22. The van der Waals surface area contributed by atoms with E-state index in [4.69, 9.17) is 0 Å². The highest BCUT2D eigenvalue weighted by Gasteiger charge is 2.25. The van der Waals surface area contributed by atoms with E-state index in [-0.39, 0.29) is 5.56 Å². The van der Waals surface area contributed by atoms with Crippen LogP contribution in [0.15, 0.2) is 64.7 Å². The lowest BCUT2D eigenvalue weighted by atomic mass is 10.2. The summed E-state index contributed by atoms with van der Waals surface area (Å²) in [5, 5.41) is 7.02. The van der Waals surface area contributed by atoms with Crippen LogP contribution in [0, 0.1) is 0 Å². The number of rotatable bonds is 6. The lowest BCUT2D eigenvalue weighted by Gasteiger charge is -2.15. The number of aromatic amines is 1. The van der Waals surface area contributed by atoms with E-state index in [1.807, 2.05) is 30.7 Å². The second kappa shape index (κ2) is 8.43. The molecule has 0 spiro atoms. The van der Waals surface area contributed by atoms with E-state index in [2.05, 4.69) is 36.6 Å². The molecule has 8 nitrogen and oxygen atoms in total. The van der Waals surface area contributed by atoms with E-state index < -0.39 is 0 Å². The quantitative estimate of drug-likeness (QED) is 0.399. The van der Waals surface area contributed by atoms with Crippen LogP contribution in [0.4, 0.5) is 11.8 Å². The Morgan fingerprint density at radius 3 is 2.74 bits per heavy atom. The number of fused-ring (bicyclic) bond motifs is 1. The van der Waals surface area contributed by atoms with Crippen molar-refractivity contribution < 1.29 is 0 Å². The Balaban J connectivity index is 1.20. The molecule has 1 saturated carbocycles. The predicted molar refractivity (Wildman–Crippen MR) is 124 cm³/mol. The van der Waals surface area contributed by atoms with Crippen molar-refractivity contribution >= 4 is 34.7 Å². The SMILES string of the molecule is CSc1cnc2nc(N[C@H]3CC[C@H](Nc4ccc(-n5ccccc5=O)cn4)C3)[nH]c2c1. The van der Waals surface area contributed by atoms with Crippen LogP contribution >= 0.6 is 11.8 Å². The molecule has 0 aliphatic heterocycles. The number of imidazole rings is 1. The Kier molecular flexibility index (Phi) is 5.33. The number of H-pyrrole nitrogens is 1. The van der Waals surface area contributed by atoms with Crippen molar-refractivity contribution in [2.75, 3.05) is 16.9 Å². The minimum absolute atomic E-state index is 0.0693. The van der Waals surface area contributed by atoms with Crippen LogP contribution < -0.4 is 16.2 Å². The van der Waals surface area contributed by atoms with Crippen molar-refractivity contribution in [3.8, 4) is 5.69 Å². The second-order valence-corrected chi connectivity index (χ2v) is 8.52. The van der Waals surface area contributed by atoms with Gasteiger partial charge in [-0.15, -0.1) is 11.8 Å². The molecule has 4 heterocycles. The number of nitrogens with one attached hydrogen (secondary N) is 3.